The van der Waals surface area contributed by atoms with Gasteiger partial charge in [-0.25, -0.2) is 14.4 Å². The number of ether oxygens (including phenoxy) is 12. The van der Waals surface area contributed by atoms with Crippen LogP contribution in [0.2, 0.25) is 0 Å². The molecule has 3 aromatic rings. The molecule has 1 N–H and O–H groups in total. The van der Waals surface area contributed by atoms with Crippen LogP contribution in [0.3, 0.4) is 0 Å². The number of imide groups is 1. The number of aliphatic hydroxyl groups is 1. The monoisotopic (exact) mass is 998 g/mol. The third kappa shape index (κ3) is 19.2. The number of allylic oxidation sites excluding steroid dienone is 2. The zero-order valence-electron chi connectivity index (χ0n) is 45.0. The molecule has 0 saturated heterocycles. The molecule has 3 rings (SSSR count). The molecule has 17 heteroatoms. The summed E-state index contributed by atoms with van der Waals surface area (Å²) >= 11 is 0. The van der Waals surface area contributed by atoms with Gasteiger partial charge in [0.05, 0.1) is 19.8 Å². The van der Waals surface area contributed by atoms with E-state index >= 15 is 0 Å². The summed E-state index contributed by atoms with van der Waals surface area (Å²) in [7, 11) is 5.95. The fourth-order valence-electron chi connectivity index (χ4n) is 7.16. The van der Waals surface area contributed by atoms with E-state index in [4.69, 9.17) is 56.8 Å². The van der Waals surface area contributed by atoms with Crippen LogP contribution in [-0.4, -0.2) is 101 Å². The molecule has 1 unspecified atom stereocenters. The first kappa shape index (κ1) is 59.7. The molecule has 0 bridgehead atoms. The summed E-state index contributed by atoms with van der Waals surface area (Å²) in [4.78, 5) is 42.2. The molecule has 0 aliphatic carbocycles. The fraction of sp³-hybridized carbons (Fsp3) is 0.574. The number of rotatable bonds is 24. The van der Waals surface area contributed by atoms with Crippen molar-refractivity contribution >= 4 is 34.8 Å². The second-order valence-corrected chi connectivity index (χ2v) is 20.1. The Morgan fingerprint density at radius 1 is 0.704 bits per heavy atom. The topological polar surface area (TPSA) is 185 Å². The highest BCUT2D eigenvalue weighted by Gasteiger charge is 2.37. The number of amides is 2. The van der Waals surface area contributed by atoms with Crippen molar-refractivity contribution < 1.29 is 76.3 Å². The molecule has 0 heterocycles. The van der Waals surface area contributed by atoms with Gasteiger partial charge in [-0.15, -0.1) is 0 Å². The summed E-state index contributed by atoms with van der Waals surface area (Å²) < 4.78 is 69.5. The van der Waals surface area contributed by atoms with E-state index in [1.807, 2.05) is 57.2 Å². The Hall–Kier alpha value is -5.59. The molecular formula is C54H79NO16. The SMILES string of the molecule is CC[C@@H](/C=C/[C@H](OC(=O)OC(C)(C)C)[C@H](C=C(C)C)OCc1ccc(OC)cc1)CCC(O)c1c(OCOC)c(C)cc2c(OCOC)c(N(C(=O)OC(C)(C)C)C(=O)OC(C)(C)C)cc(OCOC)c12. The molecule has 0 aromatic heterocycles. The number of methoxy groups -OCH3 is 4. The third-order valence-electron chi connectivity index (χ3n) is 10.1. The molecule has 0 fully saturated rings. The first-order valence-corrected chi connectivity index (χ1v) is 23.7. The van der Waals surface area contributed by atoms with E-state index in [0.29, 0.717) is 46.2 Å². The number of hydrogen-bond acceptors (Lipinski definition) is 16. The van der Waals surface area contributed by atoms with Gasteiger partial charge in [0, 0.05) is 43.7 Å². The predicted molar refractivity (Wildman–Crippen MR) is 270 cm³/mol. The van der Waals surface area contributed by atoms with E-state index < -0.39 is 53.5 Å². The lowest BCUT2D eigenvalue weighted by atomic mass is 9.89. The van der Waals surface area contributed by atoms with Gasteiger partial charge in [0.2, 0.25) is 0 Å². The lowest BCUT2D eigenvalue weighted by Crippen LogP contribution is -2.44. The van der Waals surface area contributed by atoms with Crippen molar-refractivity contribution in [2.45, 2.75) is 151 Å². The minimum Gasteiger partial charge on any atom is -0.497 e. The average molecular weight is 998 g/mol. The Morgan fingerprint density at radius 2 is 1.25 bits per heavy atom. The largest absolute Gasteiger partial charge is 0.509 e. The summed E-state index contributed by atoms with van der Waals surface area (Å²) in [6.45, 7) is 22.5. The predicted octanol–water partition coefficient (Wildman–Crippen LogP) is 12.0. The molecule has 17 nitrogen and oxygen atoms in total. The molecule has 0 aliphatic rings. The Morgan fingerprint density at radius 3 is 1.76 bits per heavy atom. The van der Waals surface area contributed by atoms with Gasteiger partial charge in [-0.2, -0.15) is 4.90 Å². The van der Waals surface area contributed by atoms with Crippen molar-refractivity contribution in [2.24, 2.45) is 5.92 Å². The summed E-state index contributed by atoms with van der Waals surface area (Å²) in [6.07, 6.45) is 1.19. The van der Waals surface area contributed by atoms with Gasteiger partial charge in [-0.3, -0.25) is 0 Å². The molecule has 0 radical (unpaired) electrons. The highest BCUT2D eigenvalue weighted by Crippen LogP contribution is 2.50. The maximum absolute atomic E-state index is 14.1. The molecule has 3 aromatic carbocycles. The first-order chi connectivity index (χ1) is 33.3. The Labute approximate surface area is 420 Å². The standard InChI is InChI=1S/C54H79NO16/c1-18-36(22-26-42(68-51(59)71-54(11,12)13)43(27-34(2)3)64-30-37-19-23-38(63-17)24-20-37)21-25-41(56)46-45-39(28-35(4)47(46)66-32-61-15)48(67-33-62-16)40(29-44(45)65-31-60-14)55(49(57)69-52(5,6)7)50(58)70-53(8,9)10/h19-20,22-24,26-29,36,41-43,56H,18,21,25,30-33H2,1-17H3/b26-22+/t36-,41?,42+,43+/m1/s1. The molecule has 2 amide bonds. The number of aryl methyl sites for hydroxylation is 1. The van der Waals surface area contributed by atoms with E-state index in [2.05, 4.69) is 0 Å². The van der Waals surface area contributed by atoms with Crippen molar-refractivity contribution in [3.8, 4) is 23.0 Å². The van der Waals surface area contributed by atoms with E-state index in [9.17, 15) is 19.5 Å². The number of fused-ring (bicyclic) bond motifs is 1. The minimum absolute atomic E-state index is 0.0173. The quantitative estimate of drug-likeness (QED) is 0.0386. The van der Waals surface area contributed by atoms with Crippen LogP contribution < -0.4 is 23.8 Å². The van der Waals surface area contributed by atoms with Crippen LogP contribution in [0.4, 0.5) is 20.1 Å². The normalized spacial score (nSPS) is 13.7. The highest BCUT2D eigenvalue weighted by atomic mass is 16.7. The zero-order valence-corrected chi connectivity index (χ0v) is 45.0. The van der Waals surface area contributed by atoms with Crippen LogP contribution in [-0.2, 0) is 44.5 Å². The second-order valence-electron chi connectivity index (χ2n) is 20.1. The number of hydrogen-bond donors (Lipinski definition) is 1. The van der Waals surface area contributed by atoms with E-state index in [-0.39, 0.29) is 56.5 Å². The maximum Gasteiger partial charge on any atom is 0.509 e. The van der Waals surface area contributed by atoms with Crippen LogP contribution in [0.5, 0.6) is 23.0 Å². The molecule has 0 aliphatic heterocycles. The lowest BCUT2D eigenvalue weighted by molar-refractivity contribution is -0.0554. The van der Waals surface area contributed by atoms with E-state index in [0.717, 1.165) is 16.0 Å². The second kappa shape index (κ2) is 27.3. The molecular weight excluding hydrogens is 919 g/mol. The van der Waals surface area contributed by atoms with Crippen LogP contribution in [0.15, 0.2) is 60.2 Å². The van der Waals surface area contributed by atoms with Gasteiger partial charge in [0.25, 0.3) is 0 Å². The van der Waals surface area contributed by atoms with Gasteiger partial charge < -0.3 is 61.9 Å². The number of aliphatic hydroxyl groups excluding tert-OH is 1. The molecule has 0 spiro atoms. The van der Waals surface area contributed by atoms with Crippen molar-refractivity contribution in [2.75, 3.05) is 53.7 Å². The molecule has 396 valence electrons. The first-order valence-electron chi connectivity index (χ1n) is 23.7. The van der Waals surface area contributed by atoms with E-state index in [1.165, 1.54) is 27.4 Å². The number of carbonyl (C=O) groups is 3. The van der Waals surface area contributed by atoms with Gasteiger partial charge in [-0.05, 0) is 144 Å². The fourth-order valence-corrected chi connectivity index (χ4v) is 7.16. The van der Waals surface area contributed by atoms with Crippen LogP contribution in [0, 0.1) is 12.8 Å². The number of nitrogens with zero attached hydrogens (tertiary/aromatic N) is 1. The van der Waals surface area contributed by atoms with Gasteiger partial charge in [0.15, 0.2) is 32.2 Å². The zero-order chi connectivity index (χ0) is 53.3. The summed E-state index contributed by atoms with van der Waals surface area (Å²) in [5, 5.41) is 13.2. The lowest BCUT2D eigenvalue weighted by Gasteiger charge is -2.31. The van der Waals surface area contributed by atoms with Crippen molar-refractivity contribution in [3.63, 3.8) is 0 Å². The Balaban J connectivity index is 2.25. The average Bonchev–Trinajstić information content (AvgIpc) is 3.26. The number of benzene rings is 3. The van der Waals surface area contributed by atoms with Crippen LogP contribution in [0.25, 0.3) is 10.8 Å². The highest BCUT2D eigenvalue weighted by molar-refractivity contribution is 6.14. The third-order valence-corrected chi connectivity index (χ3v) is 10.1. The summed E-state index contributed by atoms with van der Waals surface area (Å²) in [5.41, 5.74) is -0.227. The molecule has 0 saturated carbocycles. The summed E-state index contributed by atoms with van der Waals surface area (Å²) in [6, 6.07) is 10.7. The Bertz CT molecular complexity index is 2220. The Kier molecular flexibility index (Phi) is 23.0. The maximum atomic E-state index is 14.1. The van der Waals surface area contributed by atoms with Gasteiger partial charge in [0.1, 0.15) is 45.8 Å². The van der Waals surface area contributed by atoms with Crippen LogP contribution >= 0.6 is 0 Å². The van der Waals surface area contributed by atoms with Crippen LogP contribution in [0.1, 0.15) is 125 Å². The molecule has 4 atom stereocenters. The number of anilines is 1. The van der Waals surface area contributed by atoms with Gasteiger partial charge in [-0.1, -0.05) is 36.8 Å². The number of carbonyl (C=O) groups excluding carboxylic acids is 3. The minimum atomic E-state index is -1.22. The van der Waals surface area contributed by atoms with E-state index in [1.54, 1.807) is 88.5 Å². The van der Waals surface area contributed by atoms with Crippen molar-refractivity contribution in [1.82, 2.24) is 0 Å². The van der Waals surface area contributed by atoms with Crippen molar-refractivity contribution in [3.05, 3.63) is 76.9 Å². The molecule has 71 heavy (non-hydrogen) atoms. The van der Waals surface area contributed by atoms with Gasteiger partial charge >= 0.3 is 18.3 Å². The summed E-state index contributed by atoms with van der Waals surface area (Å²) in [5.74, 6) is 0.998. The van der Waals surface area contributed by atoms with Crippen molar-refractivity contribution in [1.29, 1.82) is 0 Å². The smallest absolute Gasteiger partial charge is 0.497 e.